The van der Waals surface area contributed by atoms with Gasteiger partial charge in [0.25, 0.3) is 5.69 Å². The predicted octanol–water partition coefficient (Wildman–Crippen LogP) is 2.69. The Hall–Kier alpha value is -1.47. The van der Waals surface area contributed by atoms with Gasteiger partial charge in [0.05, 0.1) is 30.8 Å². The summed E-state index contributed by atoms with van der Waals surface area (Å²) in [4.78, 5) is 19.9. The molecule has 8 nitrogen and oxygen atoms in total. The molecular formula is C12H18NO7P. The molecule has 118 valence electrons. The van der Waals surface area contributed by atoms with E-state index in [-0.39, 0.29) is 18.7 Å². The van der Waals surface area contributed by atoms with Gasteiger partial charge in [-0.25, -0.2) is 4.57 Å². The lowest BCUT2D eigenvalue weighted by molar-refractivity contribution is -0.385. The molecule has 2 atom stereocenters. The van der Waals surface area contributed by atoms with E-state index in [1.165, 1.54) is 26.2 Å². The maximum Gasteiger partial charge on any atom is 0.472 e. The van der Waals surface area contributed by atoms with Crippen molar-refractivity contribution in [2.45, 2.75) is 26.4 Å². The Morgan fingerprint density at radius 2 is 2.14 bits per heavy atom. The van der Waals surface area contributed by atoms with Crippen LogP contribution in [0.1, 0.15) is 19.4 Å². The van der Waals surface area contributed by atoms with Gasteiger partial charge in [-0.05, 0) is 26.0 Å². The third kappa shape index (κ3) is 5.43. The Bertz CT molecular complexity index is 548. The second-order valence-corrected chi connectivity index (χ2v) is 5.66. The molecule has 0 radical (unpaired) electrons. The lowest BCUT2D eigenvalue weighted by atomic mass is 10.1. The second-order valence-electron chi connectivity index (χ2n) is 4.26. The number of ether oxygens (including phenoxy) is 1. The molecule has 0 fully saturated rings. The summed E-state index contributed by atoms with van der Waals surface area (Å²) in [5.41, 5.74) is 0.249. The Morgan fingerprint density at radius 1 is 1.48 bits per heavy atom. The fraction of sp³-hybridized carbons (Fsp3) is 0.500. The van der Waals surface area contributed by atoms with Crippen molar-refractivity contribution in [3.05, 3.63) is 33.9 Å². The van der Waals surface area contributed by atoms with Gasteiger partial charge in [-0.1, -0.05) is 0 Å². The van der Waals surface area contributed by atoms with Gasteiger partial charge in [0.2, 0.25) is 0 Å². The van der Waals surface area contributed by atoms with Crippen molar-refractivity contribution < 1.29 is 28.2 Å². The second kappa shape index (κ2) is 7.51. The van der Waals surface area contributed by atoms with Crippen molar-refractivity contribution in [2.75, 3.05) is 13.7 Å². The smallest absolute Gasteiger partial charge is 0.472 e. The van der Waals surface area contributed by atoms with Gasteiger partial charge in [-0.3, -0.25) is 19.2 Å². The zero-order valence-electron chi connectivity index (χ0n) is 12.0. The normalized spacial score (nSPS) is 15.2. The quantitative estimate of drug-likeness (QED) is 0.446. The van der Waals surface area contributed by atoms with Crippen LogP contribution in [0.5, 0.6) is 5.75 Å². The molecule has 1 aromatic rings. The summed E-state index contributed by atoms with van der Waals surface area (Å²) in [5, 5.41) is 11.0. The van der Waals surface area contributed by atoms with Crippen LogP contribution in [-0.2, 0) is 20.0 Å². The molecule has 0 bridgehead atoms. The third-order valence-corrected chi connectivity index (χ3v) is 3.81. The average molecular weight is 319 g/mol. The van der Waals surface area contributed by atoms with Crippen molar-refractivity contribution in [1.82, 2.24) is 0 Å². The molecule has 0 aliphatic carbocycles. The van der Waals surface area contributed by atoms with Crippen LogP contribution < -0.4 is 4.74 Å². The van der Waals surface area contributed by atoms with Crippen molar-refractivity contribution in [1.29, 1.82) is 0 Å². The standard InChI is InChI=1S/C12H18NO7P/c1-4-19-21(16,17)20-9(2)7-10-5-6-11(18-3)8-12(10)13(14)15/h5-6,8-9H,4,7H2,1-3H3,(H,16,17). The molecule has 9 heteroatoms. The van der Waals surface area contributed by atoms with E-state index < -0.39 is 18.8 Å². The van der Waals surface area contributed by atoms with Crippen LogP contribution in [0.2, 0.25) is 0 Å². The fourth-order valence-corrected chi connectivity index (χ4v) is 2.70. The van der Waals surface area contributed by atoms with Crippen molar-refractivity contribution in [3.63, 3.8) is 0 Å². The number of hydrogen-bond acceptors (Lipinski definition) is 6. The number of rotatable bonds is 8. The Labute approximate surface area is 122 Å². The van der Waals surface area contributed by atoms with Crippen LogP contribution in [0.4, 0.5) is 5.69 Å². The number of methoxy groups -OCH3 is 1. The SMILES string of the molecule is CCOP(=O)(O)OC(C)Cc1ccc(OC)cc1[N+](=O)[O-]. The van der Waals surface area contributed by atoms with E-state index in [4.69, 9.17) is 9.26 Å². The molecule has 1 rings (SSSR count). The minimum absolute atomic E-state index is 0.0309. The first-order valence-electron chi connectivity index (χ1n) is 6.26. The monoisotopic (exact) mass is 319 g/mol. The molecule has 0 spiro atoms. The number of phosphoric ester groups is 1. The molecule has 21 heavy (non-hydrogen) atoms. The van der Waals surface area contributed by atoms with Crippen LogP contribution in [0, 0.1) is 10.1 Å². The van der Waals surface area contributed by atoms with Gasteiger partial charge in [-0.15, -0.1) is 0 Å². The Balaban J connectivity index is 2.87. The zero-order valence-corrected chi connectivity index (χ0v) is 12.9. The summed E-state index contributed by atoms with van der Waals surface area (Å²) < 4.78 is 25.9. The number of nitro groups is 1. The van der Waals surface area contributed by atoms with E-state index in [2.05, 4.69) is 4.52 Å². The van der Waals surface area contributed by atoms with Crippen molar-refractivity contribution in [2.24, 2.45) is 0 Å². The highest BCUT2D eigenvalue weighted by atomic mass is 31.2. The maximum atomic E-state index is 11.5. The molecule has 0 amide bonds. The fourth-order valence-electron chi connectivity index (χ4n) is 1.78. The van der Waals surface area contributed by atoms with Gasteiger partial charge in [0.15, 0.2) is 0 Å². The first-order chi connectivity index (χ1) is 9.79. The first-order valence-corrected chi connectivity index (χ1v) is 7.75. The molecule has 0 aromatic heterocycles. The molecule has 0 heterocycles. The van der Waals surface area contributed by atoms with E-state index in [0.717, 1.165) is 0 Å². The lowest BCUT2D eigenvalue weighted by Gasteiger charge is -2.17. The highest BCUT2D eigenvalue weighted by molar-refractivity contribution is 7.47. The molecule has 0 aliphatic heterocycles. The van der Waals surface area contributed by atoms with E-state index >= 15 is 0 Å². The average Bonchev–Trinajstić information content (AvgIpc) is 2.37. The largest absolute Gasteiger partial charge is 0.497 e. The number of nitro benzene ring substituents is 1. The van der Waals surface area contributed by atoms with Gasteiger partial charge >= 0.3 is 7.82 Å². The zero-order chi connectivity index (χ0) is 16.0. The molecular weight excluding hydrogens is 301 g/mol. The van der Waals surface area contributed by atoms with Crippen LogP contribution >= 0.6 is 7.82 Å². The van der Waals surface area contributed by atoms with Crippen LogP contribution in [0.15, 0.2) is 18.2 Å². The number of benzene rings is 1. The van der Waals surface area contributed by atoms with E-state index in [1.54, 1.807) is 13.0 Å². The highest BCUT2D eigenvalue weighted by Gasteiger charge is 2.25. The maximum absolute atomic E-state index is 11.5. The molecule has 1 aromatic carbocycles. The summed E-state index contributed by atoms with van der Waals surface area (Å²) in [7, 11) is -2.72. The van der Waals surface area contributed by atoms with Crippen LogP contribution in [-0.4, -0.2) is 29.6 Å². The molecule has 1 N–H and O–H groups in total. The molecule has 0 saturated carbocycles. The van der Waals surface area contributed by atoms with Gasteiger partial charge in [0, 0.05) is 12.0 Å². The topological polar surface area (TPSA) is 108 Å². The molecule has 2 unspecified atom stereocenters. The molecule has 0 aliphatic rings. The Morgan fingerprint density at radius 3 is 2.67 bits per heavy atom. The van der Waals surface area contributed by atoms with Gasteiger partial charge in [-0.2, -0.15) is 0 Å². The highest BCUT2D eigenvalue weighted by Crippen LogP contribution is 2.44. The summed E-state index contributed by atoms with van der Waals surface area (Å²) in [6.07, 6.45) is -0.628. The van der Waals surface area contributed by atoms with Crippen molar-refractivity contribution >= 4 is 13.5 Å². The van der Waals surface area contributed by atoms with Gasteiger partial charge < -0.3 is 9.63 Å². The van der Waals surface area contributed by atoms with E-state index in [1.807, 2.05) is 0 Å². The number of nitrogens with zero attached hydrogens (tertiary/aromatic N) is 1. The van der Waals surface area contributed by atoms with E-state index in [0.29, 0.717) is 11.3 Å². The summed E-state index contributed by atoms with van der Waals surface area (Å²) in [6, 6.07) is 4.40. The molecule has 0 saturated heterocycles. The first kappa shape index (κ1) is 17.6. The lowest BCUT2D eigenvalue weighted by Crippen LogP contribution is -2.12. The minimum Gasteiger partial charge on any atom is -0.497 e. The summed E-state index contributed by atoms with van der Waals surface area (Å²) >= 11 is 0. The van der Waals surface area contributed by atoms with E-state index in [9.17, 15) is 19.6 Å². The Kier molecular flexibility index (Phi) is 6.29. The third-order valence-electron chi connectivity index (χ3n) is 2.60. The summed E-state index contributed by atoms with van der Waals surface area (Å²) in [6.45, 7) is 3.13. The number of hydrogen-bond donors (Lipinski definition) is 1. The predicted molar refractivity (Wildman–Crippen MR) is 75.4 cm³/mol. The van der Waals surface area contributed by atoms with Crippen molar-refractivity contribution in [3.8, 4) is 5.75 Å². The van der Waals surface area contributed by atoms with Crippen LogP contribution in [0.3, 0.4) is 0 Å². The van der Waals surface area contributed by atoms with Gasteiger partial charge in [0.1, 0.15) is 5.75 Å². The van der Waals surface area contributed by atoms with Crippen LogP contribution in [0.25, 0.3) is 0 Å². The number of phosphoric acid groups is 1. The minimum atomic E-state index is -4.13. The summed E-state index contributed by atoms with van der Waals surface area (Å²) in [5.74, 6) is 0.362.